The Bertz CT molecular complexity index is 1290. The third kappa shape index (κ3) is 6.73. The fourth-order valence-electron chi connectivity index (χ4n) is 5.74. The first-order valence-corrected chi connectivity index (χ1v) is 14.0. The second kappa shape index (κ2) is 12.1. The molecule has 4 N–H and O–H groups in total. The lowest BCUT2D eigenvalue weighted by Gasteiger charge is -2.32. The molecule has 208 valence electrons. The first-order valence-electron chi connectivity index (χ1n) is 14.0. The molecule has 0 saturated carbocycles. The number of nitrogen functional groups attached to an aromatic ring is 1. The number of fused-ring (bicyclic) bond motifs is 1. The number of aromatic hydroxyl groups is 1. The van der Waals surface area contributed by atoms with E-state index in [1.54, 1.807) is 36.4 Å². The van der Waals surface area contributed by atoms with Gasteiger partial charge in [0.15, 0.2) is 0 Å². The lowest BCUT2D eigenvalue weighted by atomic mass is 9.71. The van der Waals surface area contributed by atoms with Crippen LogP contribution in [0.3, 0.4) is 0 Å². The fourth-order valence-corrected chi connectivity index (χ4v) is 5.74. The molecule has 1 atom stereocenters. The minimum atomic E-state index is -0.886. The minimum absolute atomic E-state index is 0.138. The molecule has 1 unspecified atom stereocenters. The van der Waals surface area contributed by atoms with E-state index in [-0.39, 0.29) is 16.6 Å². The number of carbonyl (C=O) groups is 1. The van der Waals surface area contributed by atoms with Gasteiger partial charge < -0.3 is 15.9 Å². The van der Waals surface area contributed by atoms with Crippen LogP contribution < -0.4 is 5.73 Å². The van der Waals surface area contributed by atoms with Crippen molar-refractivity contribution in [3.8, 4) is 5.75 Å². The second-order valence-electron chi connectivity index (χ2n) is 12.0. The highest BCUT2D eigenvalue weighted by Gasteiger charge is 2.48. The number of hydrogen-bond acceptors (Lipinski definition) is 3. The highest BCUT2D eigenvalue weighted by Crippen LogP contribution is 2.54. The largest absolute Gasteiger partial charge is 0.508 e. The number of benzene rings is 3. The monoisotopic (exact) mass is 527 g/mol. The van der Waals surface area contributed by atoms with Crippen LogP contribution in [0.2, 0.25) is 0 Å². The SMILES string of the molecule is CCCCCc1cc2c(cc1/C(C)=C/c1ccc(C(=O)O)cc1)C(C)(C)C(C)C2(C)C.Nc1ccc(O)cc1. The van der Waals surface area contributed by atoms with E-state index in [2.05, 4.69) is 66.7 Å². The quantitative estimate of drug-likeness (QED) is 0.124. The Morgan fingerprint density at radius 1 is 0.923 bits per heavy atom. The van der Waals surface area contributed by atoms with Gasteiger partial charge in [-0.05, 0) is 106 Å². The molecule has 0 aromatic heterocycles. The molecule has 0 bridgehead atoms. The van der Waals surface area contributed by atoms with E-state index in [0.29, 0.717) is 17.2 Å². The highest BCUT2D eigenvalue weighted by molar-refractivity contribution is 5.88. The third-order valence-electron chi connectivity index (χ3n) is 8.71. The van der Waals surface area contributed by atoms with E-state index in [0.717, 1.165) is 12.0 Å². The number of nitrogens with two attached hydrogens (primary N) is 1. The minimum Gasteiger partial charge on any atom is -0.508 e. The second-order valence-corrected chi connectivity index (χ2v) is 12.0. The van der Waals surface area contributed by atoms with Crippen molar-refractivity contribution in [2.24, 2.45) is 5.92 Å². The predicted octanol–water partition coefficient (Wildman–Crippen LogP) is 8.86. The zero-order valence-corrected chi connectivity index (χ0v) is 24.6. The summed E-state index contributed by atoms with van der Waals surface area (Å²) < 4.78 is 0. The maximum absolute atomic E-state index is 11.2. The van der Waals surface area contributed by atoms with Gasteiger partial charge in [-0.1, -0.05) is 84.7 Å². The number of rotatable bonds is 7. The van der Waals surface area contributed by atoms with E-state index in [1.165, 1.54) is 47.1 Å². The van der Waals surface area contributed by atoms with E-state index >= 15 is 0 Å². The molecule has 4 nitrogen and oxygen atoms in total. The molecular weight excluding hydrogens is 482 g/mol. The Hall–Kier alpha value is -3.53. The molecule has 4 rings (SSSR count). The van der Waals surface area contributed by atoms with Crippen molar-refractivity contribution in [2.45, 2.75) is 85.0 Å². The van der Waals surface area contributed by atoms with Gasteiger partial charge in [0, 0.05) is 5.69 Å². The van der Waals surface area contributed by atoms with Crippen molar-refractivity contribution in [3.05, 3.63) is 94.0 Å². The summed E-state index contributed by atoms with van der Waals surface area (Å²) in [7, 11) is 0. The van der Waals surface area contributed by atoms with Crippen molar-refractivity contribution in [1.82, 2.24) is 0 Å². The van der Waals surface area contributed by atoms with Crippen LogP contribution >= 0.6 is 0 Å². The average Bonchev–Trinajstić information content (AvgIpc) is 3.02. The molecule has 4 heteroatoms. The molecule has 1 aliphatic carbocycles. The summed E-state index contributed by atoms with van der Waals surface area (Å²) in [5.74, 6) is -0.0659. The molecule has 39 heavy (non-hydrogen) atoms. The van der Waals surface area contributed by atoms with Crippen LogP contribution in [0.15, 0.2) is 60.7 Å². The van der Waals surface area contributed by atoms with E-state index in [1.807, 2.05) is 12.1 Å². The van der Waals surface area contributed by atoms with E-state index < -0.39 is 5.97 Å². The number of aryl methyl sites for hydroxylation is 1. The number of carboxylic acid groups (broad SMARTS) is 1. The van der Waals surface area contributed by atoms with Crippen molar-refractivity contribution < 1.29 is 15.0 Å². The highest BCUT2D eigenvalue weighted by atomic mass is 16.4. The van der Waals surface area contributed by atoms with Crippen molar-refractivity contribution >= 4 is 23.3 Å². The number of hydrogen-bond donors (Lipinski definition) is 3. The number of carboxylic acids is 1. The van der Waals surface area contributed by atoms with Crippen LogP contribution in [-0.4, -0.2) is 16.2 Å². The molecule has 0 aliphatic heterocycles. The van der Waals surface area contributed by atoms with Crippen LogP contribution in [-0.2, 0) is 17.3 Å². The number of anilines is 1. The summed E-state index contributed by atoms with van der Waals surface area (Å²) in [6.07, 6.45) is 6.97. The summed E-state index contributed by atoms with van der Waals surface area (Å²) in [5.41, 5.74) is 14.7. The van der Waals surface area contributed by atoms with Gasteiger partial charge in [0.25, 0.3) is 0 Å². The van der Waals surface area contributed by atoms with Crippen LogP contribution in [0.1, 0.15) is 106 Å². The smallest absolute Gasteiger partial charge is 0.335 e. The van der Waals surface area contributed by atoms with Gasteiger partial charge in [-0.2, -0.15) is 0 Å². The van der Waals surface area contributed by atoms with Crippen molar-refractivity contribution in [3.63, 3.8) is 0 Å². The van der Waals surface area contributed by atoms with Crippen LogP contribution in [0.5, 0.6) is 5.75 Å². The van der Waals surface area contributed by atoms with Gasteiger partial charge in [-0.25, -0.2) is 4.79 Å². The predicted molar refractivity (Wildman–Crippen MR) is 164 cm³/mol. The topological polar surface area (TPSA) is 83.5 Å². The summed E-state index contributed by atoms with van der Waals surface area (Å²) in [4.78, 5) is 11.2. The van der Waals surface area contributed by atoms with Crippen molar-refractivity contribution in [1.29, 1.82) is 0 Å². The van der Waals surface area contributed by atoms with E-state index in [4.69, 9.17) is 15.9 Å². The lowest BCUT2D eigenvalue weighted by Crippen LogP contribution is -2.30. The fraction of sp³-hybridized carbons (Fsp3) is 0.400. The normalized spacial score (nSPS) is 17.2. The van der Waals surface area contributed by atoms with Gasteiger partial charge in [0.1, 0.15) is 5.75 Å². The Balaban J connectivity index is 0.000000449. The van der Waals surface area contributed by atoms with Crippen molar-refractivity contribution in [2.75, 3.05) is 5.73 Å². The first-order chi connectivity index (χ1) is 18.3. The zero-order chi connectivity index (χ0) is 29.0. The molecule has 0 spiro atoms. The third-order valence-corrected chi connectivity index (χ3v) is 8.71. The number of phenols is 1. The Kier molecular flexibility index (Phi) is 9.32. The maximum Gasteiger partial charge on any atom is 0.335 e. The summed E-state index contributed by atoms with van der Waals surface area (Å²) >= 11 is 0. The number of aromatic carboxylic acids is 1. The Morgan fingerprint density at radius 2 is 1.49 bits per heavy atom. The molecule has 0 amide bonds. The van der Waals surface area contributed by atoms with E-state index in [9.17, 15) is 4.79 Å². The molecule has 0 radical (unpaired) electrons. The molecule has 0 heterocycles. The van der Waals surface area contributed by atoms with Crippen LogP contribution in [0.4, 0.5) is 5.69 Å². The summed E-state index contributed by atoms with van der Waals surface area (Å²) in [6, 6.07) is 18.5. The number of phenolic OH excluding ortho intramolecular Hbond substituents is 1. The van der Waals surface area contributed by atoms with Crippen LogP contribution in [0, 0.1) is 5.92 Å². The Morgan fingerprint density at radius 3 is 2.00 bits per heavy atom. The van der Waals surface area contributed by atoms with Gasteiger partial charge in [-0.15, -0.1) is 0 Å². The molecule has 0 saturated heterocycles. The number of unbranched alkanes of at least 4 members (excludes halogenated alkanes) is 2. The van der Waals surface area contributed by atoms with Gasteiger partial charge in [0.05, 0.1) is 5.56 Å². The first kappa shape index (κ1) is 30.0. The number of allylic oxidation sites excluding steroid dienone is 1. The van der Waals surface area contributed by atoms with Gasteiger partial charge >= 0.3 is 5.97 Å². The Labute approximate surface area is 234 Å². The molecule has 0 fully saturated rings. The van der Waals surface area contributed by atoms with Gasteiger partial charge in [-0.3, -0.25) is 0 Å². The lowest BCUT2D eigenvalue weighted by molar-refractivity contribution is 0.0697. The van der Waals surface area contributed by atoms with Crippen LogP contribution in [0.25, 0.3) is 11.6 Å². The summed E-state index contributed by atoms with van der Waals surface area (Å²) in [5, 5.41) is 17.9. The average molecular weight is 528 g/mol. The summed E-state index contributed by atoms with van der Waals surface area (Å²) in [6.45, 7) is 16.4. The molecular formula is C35H45NO3. The molecule has 1 aliphatic rings. The standard InChI is InChI=1S/C29H38O2.C6H7NO/c1-8-9-10-11-23-17-25-26(29(6,7)20(3)28(25,4)5)18-24(23)19(2)16-21-12-14-22(15-13-21)27(30)31;7-5-1-3-6(8)4-2-5/h12-18,20H,8-11H2,1-7H3,(H,30,31);1-4,8H,7H2/b19-16+;. The molecule has 3 aromatic carbocycles. The zero-order valence-electron chi connectivity index (χ0n) is 24.6. The molecule has 3 aromatic rings. The van der Waals surface area contributed by atoms with Gasteiger partial charge in [0.2, 0.25) is 0 Å². The maximum atomic E-state index is 11.2.